The monoisotopic (exact) mass is 219 g/mol. The summed E-state index contributed by atoms with van der Waals surface area (Å²) in [5.74, 6) is 1.12. The molecule has 0 amide bonds. The van der Waals surface area contributed by atoms with Gasteiger partial charge in [-0.25, -0.2) is 4.98 Å². The maximum atomic E-state index is 4.44. The van der Waals surface area contributed by atoms with Crippen molar-refractivity contribution in [2.75, 3.05) is 25.0 Å². The van der Waals surface area contributed by atoms with E-state index in [4.69, 9.17) is 0 Å². The predicted molar refractivity (Wildman–Crippen MR) is 67.9 cm³/mol. The van der Waals surface area contributed by atoms with Crippen molar-refractivity contribution in [3.8, 4) is 0 Å². The van der Waals surface area contributed by atoms with Gasteiger partial charge in [-0.3, -0.25) is 0 Å². The van der Waals surface area contributed by atoms with E-state index in [1.165, 1.54) is 18.4 Å². The third-order valence-electron chi connectivity index (χ3n) is 3.70. The molecule has 1 aliphatic rings. The highest BCUT2D eigenvalue weighted by molar-refractivity contribution is 5.41. The molecule has 88 valence electrons. The number of hydrogen-bond donors (Lipinski definition) is 1. The molecule has 1 N–H and O–H groups in total. The van der Waals surface area contributed by atoms with Crippen molar-refractivity contribution in [2.45, 2.75) is 32.2 Å². The first kappa shape index (κ1) is 11.4. The number of aryl methyl sites for hydroxylation is 1. The van der Waals surface area contributed by atoms with Gasteiger partial charge in [-0.2, -0.15) is 0 Å². The summed E-state index contributed by atoms with van der Waals surface area (Å²) < 4.78 is 0. The number of aromatic nitrogens is 1. The largest absolute Gasteiger partial charge is 0.356 e. The van der Waals surface area contributed by atoms with Gasteiger partial charge in [-0.15, -0.1) is 0 Å². The maximum Gasteiger partial charge on any atom is 0.128 e. The number of rotatable bonds is 2. The van der Waals surface area contributed by atoms with Crippen molar-refractivity contribution in [3.05, 3.63) is 23.9 Å². The summed E-state index contributed by atoms with van der Waals surface area (Å²) in [6.07, 6.45) is 4.26. The second-order valence-corrected chi connectivity index (χ2v) is 4.99. The van der Waals surface area contributed by atoms with Gasteiger partial charge in [0, 0.05) is 24.8 Å². The van der Waals surface area contributed by atoms with Crippen LogP contribution in [0.15, 0.2) is 18.3 Å². The third-order valence-corrected chi connectivity index (χ3v) is 3.70. The van der Waals surface area contributed by atoms with Gasteiger partial charge in [-0.1, -0.05) is 0 Å². The molecule has 3 heteroatoms. The smallest absolute Gasteiger partial charge is 0.128 e. The Morgan fingerprint density at radius 1 is 1.38 bits per heavy atom. The Kier molecular flexibility index (Phi) is 3.15. The predicted octanol–water partition coefficient (Wildman–Crippen LogP) is 1.97. The minimum atomic E-state index is 0.306. The molecule has 1 aromatic rings. The van der Waals surface area contributed by atoms with E-state index in [0.29, 0.717) is 5.54 Å². The van der Waals surface area contributed by atoms with Gasteiger partial charge in [-0.05, 0) is 51.4 Å². The zero-order valence-corrected chi connectivity index (χ0v) is 10.5. The molecule has 0 aromatic carbocycles. The number of nitrogens with one attached hydrogen (secondary N) is 1. The van der Waals surface area contributed by atoms with Crippen LogP contribution < -0.4 is 10.2 Å². The van der Waals surface area contributed by atoms with Crippen LogP contribution in [-0.2, 0) is 0 Å². The van der Waals surface area contributed by atoms with Crippen molar-refractivity contribution in [1.29, 1.82) is 0 Å². The normalized spacial score (nSPS) is 19.8. The lowest BCUT2D eigenvalue weighted by molar-refractivity contribution is 0.304. The summed E-state index contributed by atoms with van der Waals surface area (Å²) >= 11 is 0. The van der Waals surface area contributed by atoms with Crippen LogP contribution >= 0.6 is 0 Å². The highest BCUT2D eigenvalue weighted by Crippen LogP contribution is 2.24. The van der Waals surface area contributed by atoms with Crippen molar-refractivity contribution in [2.24, 2.45) is 0 Å². The fraction of sp³-hybridized carbons (Fsp3) is 0.615. The Bertz CT molecular complexity index is 354. The molecule has 2 rings (SSSR count). The Hall–Kier alpha value is -1.09. The Labute approximate surface area is 97.9 Å². The molecule has 0 aliphatic carbocycles. The van der Waals surface area contributed by atoms with Crippen LogP contribution in [-0.4, -0.2) is 30.7 Å². The lowest BCUT2D eigenvalue weighted by Crippen LogP contribution is -2.50. The molecule has 1 fully saturated rings. The van der Waals surface area contributed by atoms with Crippen LogP contribution in [0.3, 0.4) is 0 Å². The van der Waals surface area contributed by atoms with E-state index in [2.05, 4.69) is 42.2 Å². The number of nitrogens with zero attached hydrogens (tertiary/aromatic N) is 2. The molecular weight excluding hydrogens is 198 g/mol. The van der Waals surface area contributed by atoms with E-state index in [9.17, 15) is 0 Å². The SMILES string of the molecule is CNC1(C)CCN(c2cc(C)ccn2)CC1. The summed E-state index contributed by atoms with van der Waals surface area (Å²) in [6, 6.07) is 4.22. The van der Waals surface area contributed by atoms with Gasteiger partial charge in [0.25, 0.3) is 0 Å². The second kappa shape index (κ2) is 4.42. The van der Waals surface area contributed by atoms with E-state index in [-0.39, 0.29) is 0 Å². The minimum Gasteiger partial charge on any atom is -0.356 e. The summed E-state index contributed by atoms with van der Waals surface area (Å²) in [6.45, 7) is 6.60. The van der Waals surface area contributed by atoms with Crippen molar-refractivity contribution < 1.29 is 0 Å². The first-order chi connectivity index (χ1) is 7.63. The maximum absolute atomic E-state index is 4.44. The first-order valence-electron chi connectivity index (χ1n) is 5.99. The molecule has 16 heavy (non-hydrogen) atoms. The van der Waals surface area contributed by atoms with Gasteiger partial charge >= 0.3 is 0 Å². The molecular formula is C13H21N3. The van der Waals surface area contributed by atoms with Crippen LogP contribution in [0, 0.1) is 6.92 Å². The van der Waals surface area contributed by atoms with Crippen LogP contribution in [0.2, 0.25) is 0 Å². The summed E-state index contributed by atoms with van der Waals surface area (Å²) in [5.41, 5.74) is 1.59. The van der Waals surface area contributed by atoms with Crippen molar-refractivity contribution in [1.82, 2.24) is 10.3 Å². The minimum absolute atomic E-state index is 0.306. The quantitative estimate of drug-likeness (QED) is 0.824. The van der Waals surface area contributed by atoms with Crippen LogP contribution in [0.25, 0.3) is 0 Å². The summed E-state index contributed by atoms with van der Waals surface area (Å²) in [5, 5.41) is 3.42. The lowest BCUT2D eigenvalue weighted by atomic mass is 9.90. The Morgan fingerprint density at radius 2 is 2.06 bits per heavy atom. The molecule has 1 aliphatic heterocycles. The highest BCUT2D eigenvalue weighted by atomic mass is 15.2. The Morgan fingerprint density at radius 3 is 2.62 bits per heavy atom. The zero-order chi connectivity index (χ0) is 11.6. The second-order valence-electron chi connectivity index (χ2n) is 4.99. The van der Waals surface area contributed by atoms with Gasteiger partial charge in [0.05, 0.1) is 0 Å². The number of piperidine rings is 1. The van der Waals surface area contributed by atoms with Crippen LogP contribution in [0.1, 0.15) is 25.3 Å². The van der Waals surface area contributed by atoms with E-state index < -0.39 is 0 Å². The fourth-order valence-corrected chi connectivity index (χ4v) is 2.17. The third kappa shape index (κ3) is 2.35. The van der Waals surface area contributed by atoms with Crippen LogP contribution in [0.4, 0.5) is 5.82 Å². The Balaban J connectivity index is 2.04. The molecule has 0 spiro atoms. The van der Waals surface area contributed by atoms with Crippen molar-refractivity contribution in [3.63, 3.8) is 0 Å². The zero-order valence-electron chi connectivity index (χ0n) is 10.5. The number of anilines is 1. The molecule has 1 aromatic heterocycles. The van der Waals surface area contributed by atoms with Crippen LogP contribution in [0.5, 0.6) is 0 Å². The molecule has 0 saturated carbocycles. The van der Waals surface area contributed by atoms with E-state index in [1.54, 1.807) is 0 Å². The molecule has 0 atom stereocenters. The molecule has 0 radical (unpaired) electrons. The lowest BCUT2D eigenvalue weighted by Gasteiger charge is -2.39. The van der Waals surface area contributed by atoms with E-state index >= 15 is 0 Å². The number of hydrogen-bond acceptors (Lipinski definition) is 3. The topological polar surface area (TPSA) is 28.2 Å². The number of pyridine rings is 1. The molecule has 3 nitrogen and oxygen atoms in total. The summed E-state index contributed by atoms with van der Waals surface area (Å²) in [4.78, 5) is 6.82. The average Bonchev–Trinajstić information content (AvgIpc) is 2.30. The van der Waals surface area contributed by atoms with Crippen molar-refractivity contribution >= 4 is 5.82 Å². The van der Waals surface area contributed by atoms with Gasteiger partial charge < -0.3 is 10.2 Å². The van der Waals surface area contributed by atoms with Gasteiger partial charge in [0.15, 0.2) is 0 Å². The highest BCUT2D eigenvalue weighted by Gasteiger charge is 2.28. The molecule has 0 unspecified atom stereocenters. The van der Waals surface area contributed by atoms with Gasteiger partial charge in [0.2, 0.25) is 0 Å². The van der Waals surface area contributed by atoms with E-state index in [0.717, 1.165) is 18.9 Å². The molecule has 2 heterocycles. The van der Waals surface area contributed by atoms with Gasteiger partial charge in [0.1, 0.15) is 5.82 Å². The van der Waals surface area contributed by atoms with E-state index in [1.807, 2.05) is 12.3 Å². The standard InChI is InChI=1S/C13H21N3/c1-11-4-7-15-12(10-11)16-8-5-13(2,14-3)6-9-16/h4,7,10,14H,5-6,8-9H2,1-3H3. The fourth-order valence-electron chi connectivity index (χ4n) is 2.17. The molecule has 1 saturated heterocycles. The summed E-state index contributed by atoms with van der Waals surface area (Å²) in [7, 11) is 2.06. The average molecular weight is 219 g/mol. The first-order valence-corrected chi connectivity index (χ1v) is 5.99. The molecule has 0 bridgehead atoms.